The lowest BCUT2D eigenvalue weighted by atomic mass is 10.2. The van der Waals surface area contributed by atoms with E-state index in [0.717, 1.165) is 12.6 Å². The maximum Gasteiger partial charge on any atom is 0.224 e. The molecule has 4 nitrogen and oxygen atoms in total. The van der Waals surface area contributed by atoms with E-state index in [-0.39, 0.29) is 11.6 Å². The van der Waals surface area contributed by atoms with Crippen molar-refractivity contribution in [2.75, 3.05) is 17.2 Å². The minimum Gasteiger partial charge on any atom is -0.354 e. The molecule has 2 N–H and O–H groups in total. The third kappa shape index (κ3) is 3.87. The second-order valence-electron chi connectivity index (χ2n) is 4.52. The summed E-state index contributed by atoms with van der Waals surface area (Å²) >= 11 is 3.11. The second kappa shape index (κ2) is 6.80. The van der Waals surface area contributed by atoms with Crippen molar-refractivity contribution in [3.63, 3.8) is 0 Å². The van der Waals surface area contributed by atoms with E-state index in [2.05, 4.69) is 36.5 Å². The van der Waals surface area contributed by atoms with Crippen molar-refractivity contribution in [1.29, 1.82) is 0 Å². The van der Waals surface area contributed by atoms with Gasteiger partial charge < -0.3 is 10.6 Å². The SMILES string of the molecule is CCCNc1ncc(F)c(Nc2cc(Br)c(F)cc2C)n1. The van der Waals surface area contributed by atoms with Gasteiger partial charge in [0, 0.05) is 12.2 Å². The lowest BCUT2D eigenvalue weighted by Gasteiger charge is -2.12. The van der Waals surface area contributed by atoms with Crippen molar-refractivity contribution in [1.82, 2.24) is 9.97 Å². The quantitative estimate of drug-likeness (QED) is 0.833. The zero-order valence-corrected chi connectivity index (χ0v) is 13.3. The van der Waals surface area contributed by atoms with Gasteiger partial charge in [-0.15, -0.1) is 0 Å². The highest BCUT2D eigenvalue weighted by molar-refractivity contribution is 9.10. The molecule has 2 aromatic rings. The molecule has 2 rings (SSSR count). The van der Waals surface area contributed by atoms with E-state index < -0.39 is 5.82 Å². The molecule has 1 aromatic carbocycles. The Hall–Kier alpha value is -1.76. The van der Waals surface area contributed by atoms with Crippen molar-refractivity contribution in [2.45, 2.75) is 20.3 Å². The highest BCUT2D eigenvalue weighted by atomic mass is 79.9. The molecule has 21 heavy (non-hydrogen) atoms. The number of halogens is 3. The summed E-state index contributed by atoms with van der Waals surface area (Å²) in [5.41, 5.74) is 1.22. The molecule has 1 heterocycles. The van der Waals surface area contributed by atoms with Gasteiger partial charge in [0.15, 0.2) is 11.6 Å². The molecule has 0 saturated carbocycles. The monoisotopic (exact) mass is 356 g/mol. The molecule has 1 aromatic heterocycles. The highest BCUT2D eigenvalue weighted by Crippen LogP contribution is 2.27. The Morgan fingerprint density at radius 1 is 1.24 bits per heavy atom. The van der Waals surface area contributed by atoms with Crippen LogP contribution in [0.4, 0.5) is 26.2 Å². The van der Waals surface area contributed by atoms with Crippen LogP contribution in [0.1, 0.15) is 18.9 Å². The molecule has 7 heteroatoms. The van der Waals surface area contributed by atoms with Gasteiger partial charge in [0.2, 0.25) is 5.95 Å². The molecule has 0 aliphatic heterocycles. The van der Waals surface area contributed by atoms with Crippen LogP contribution in [0, 0.1) is 18.6 Å². The summed E-state index contributed by atoms with van der Waals surface area (Å²) in [7, 11) is 0. The highest BCUT2D eigenvalue weighted by Gasteiger charge is 2.10. The van der Waals surface area contributed by atoms with E-state index in [9.17, 15) is 8.78 Å². The first-order valence-corrected chi connectivity index (χ1v) is 7.29. The van der Waals surface area contributed by atoms with Gasteiger partial charge in [-0.3, -0.25) is 0 Å². The van der Waals surface area contributed by atoms with E-state index in [0.29, 0.717) is 28.2 Å². The maximum atomic E-state index is 13.8. The normalized spacial score (nSPS) is 10.5. The number of anilines is 3. The van der Waals surface area contributed by atoms with Crippen LogP contribution in [0.15, 0.2) is 22.8 Å². The van der Waals surface area contributed by atoms with Crippen LogP contribution >= 0.6 is 15.9 Å². The number of nitrogens with zero attached hydrogens (tertiary/aromatic N) is 2. The van der Waals surface area contributed by atoms with Gasteiger partial charge in [-0.2, -0.15) is 4.98 Å². The van der Waals surface area contributed by atoms with Gasteiger partial charge in [0.25, 0.3) is 0 Å². The third-order valence-electron chi connectivity index (χ3n) is 2.80. The van der Waals surface area contributed by atoms with E-state index >= 15 is 0 Å². The fourth-order valence-electron chi connectivity index (χ4n) is 1.69. The minimum atomic E-state index is -0.572. The molecule has 0 bridgehead atoms. The number of rotatable bonds is 5. The Morgan fingerprint density at radius 3 is 2.71 bits per heavy atom. The lowest BCUT2D eigenvalue weighted by Crippen LogP contribution is -2.07. The van der Waals surface area contributed by atoms with Crippen LogP contribution in [0.5, 0.6) is 0 Å². The van der Waals surface area contributed by atoms with Gasteiger partial charge in [0.1, 0.15) is 5.82 Å². The molecule has 0 radical (unpaired) electrons. The largest absolute Gasteiger partial charge is 0.354 e. The number of aromatic nitrogens is 2. The Labute approximate surface area is 130 Å². The van der Waals surface area contributed by atoms with Crippen molar-refractivity contribution in [2.24, 2.45) is 0 Å². The lowest BCUT2D eigenvalue weighted by molar-refractivity contribution is 0.618. The van der Waals surface area contributed by atoms with Gasteiger partial charge in [0.05, 0.1) is 10.7 Å². The molecule has 0 fully saturated rings. The van der Waals surface area contributed by atoms with Crippen molar-refractivity contribution in [3.05, 3.63) is 40.0 Å². The Kier molecular flexibility index (Phi) is 5.06. The topological polar surface area (TPSA) is 49.8 Å². The molecule has 0 aliphatic rings. The fraction of sp³-hybridized carbons (Fsp3) is 0.286. The molecular formula is C14H15BrF2N4. The Bertz CT molecular complexity index is 649. The van der Waals surface area contributed by atoms with Crippen molar-refractivity contribution >= 4 is 33.4 Å². The molecule has 0 spiro atoms. The molecule has 0 atom stereocenters. The molecule has 112 valence electrons. The van der Waals surface area contributed by atoms with Gasteiger partial charge in [-0.25, -0.2) is 13.8 Å². The van der Waals surface area contributed by atoms with E-state index in [1.165, 1.54) is 6.07 Å². The number of nitrogens with one attached hydrogen (secondary N) is 2. The van der Waals surface area contributed by atoms with Gasteiger partial charge in [-0.1, -0.05) is 6.92 Å². The number of hydrogen-bond acceptors (Lipinski definition) is 4. The van der Waals surface area contributed by atoms with Crippen LogP contribution in [-0.4, -0.2) is 16.5 Å². The van der Waals surface area contributed by atoms with Crippen LogP contribution in [-0.2, 0) is 0 Å². The number of aryl methyl sites for hydroxylation is 1. The summed E-state index contributed by atoms with van der Waals surface area (Å²) in [6.07, 6.45) is 2.01. The van der Waals surface area contributed by atoms with E-state index in [1.807, 2.05) is 6.92 Å². The molecule has 0 amide bonds. The van der Waals surface area contributed by atoms with Crippen LogP contribution in [0.2, 0.25) is 0 Å². The second-order valence-corrected chi connectivity index (χ2v) is 5.38. The average Bonchev–Trinajstić information content (AvgIpc) is 2.45. The van der Waals surface area contributed by atoms with E-state index in [1.54, 1.807) is 13.0 Å². The zero-order chi connectivity index (χ0) is 15.4. The van der Waals surface area contributed by atoms with Crippen molar-refractivity contribution < 1.29 is 8.78 Å². The predicted octanol–water partition coefficient (Wildman–Crippen LogP) is 4.39. The fourth-order valence-corrected chi connectivity index (χ4v) is 2.03. The van der Waals surface area contributed by atoms with Gasteiger partial charge in [-0.05, 0) is 47.0 Å². The standard InChI is InChI=1S/C14H15BrF2N4/c1-3-4-18-14-19-7-11(17)13(21-14)20-12-6-9(15)10(16)5-8(12)2/h5-7H,3-4H2,1-2H3,(H2,18,19,20,21). The Morgan fingerprint density at radius 2 is 2.00 bits per heavy atom. The first kappa shape index (κ1) is 15.6. The van der Waals surface area contributed by atoms with Crippen molar-refractivity contribution in [3.8, 4) is 0 Å². The molecule has 0 aliphatic carbocycles. The predicted molar refractivity (Wildman–Crippen MR) is 82.9 cm³/mol. The summed E-state index contributed by atoms with van der Waals surface area (Å²) in [6, 6.07) is 2.91. The number of benzene rings is 1. The molecular weight excluding hydrogens is 342 g/mol. The molecule has 0 saturated heterocycles. The van der Waals surface area contributed by atoms with Crippen LogP contribution in [0.25, 0.3) is 0 Å². The third-order valence-corrected chi connectivity index (χ3v) is 3.41. The van der Waals surface area contributed by atoms with E-state index in [4.69, 9.17) is 0 Å². The van der Waals surface area contributed by atoms with Gasteiger partial charge >= 0.3 is 0 Å². The van der Waals surface area contributed by atoms with Crippen LogP contribution < -0.4 is 10.6 Å². The van der Waals surface area contributed by atoms with Crippen LogP contribution in [0.3, 0.4) is 0 Å². The smallest absolute Gasteiger partial charge is 0.224 e. The maximum absolute atomic E-state index is 13.8. The average molecular weight is 357 g/mol. The number of hydrogen-bond donors (Lipinski definition) is 2. The summed E-state index contributed by atoms with van der Waals surface area (Å²) in [6.45, 7) is 4.44. The zero-order valence-electron chi connectivity index (χ0n) is 11.7. The summed E-state index contributed by atoms with van der Waals surface area (Å²) < 4.78 is 27.5. The minimum absolute atomic E-state index is 0.0465. The summed E-state index contributed by atoms with van der Waals surface area (Å²) in [5, 5.41) is 5.85. The molecule has 0 unspecified atom stereocenters. The summed E-state index contributed by atoms with van der Waals surface area (Å²) in [4.78, 5) is 7.95. The first-order valence-electron chi connectivity index (χ1n) is 6.50. The Balaban J connectivity index is 2.28. The first-order chi connectivity index (χ1) is 10.0. The summed E-state index contributed by atoms with van der Waals surface area (Å²) in [5.74, 6) is -0.548.